The van der Waals surface area contributed by atoms with Crippen LogP contribution < -0.4 is 5.32 Å². The second-order valence-corrected chi connectivity index (χ2v) is 5.42. The maximum absolute atomic E-state index is 4.12. The maximum atomic E-state index is 4.12. The molecule has 1 aromatic rings. The van der Waals surface area contributed by atoms with Gasteiger partial charge in [0.05, 0.1) is 0 Å². The van der Waals surface area contributed by atoms with Crippen molar-refractivity contribution in [2.24, 2.45) is 5.92 Å². The quantitative estimate of drug-likeness (QED) is 0.787. The fourth-order valence-corrected chi connectivity index (χ4v) is 2.49. The van der Waals surface area contributed by atoms with E-state index in [0.29, 0.717) is 5.92 Å². The zero-order valence-electron chi connectivity index (χ0n) is 10.8. The van der Waals surface area contributed by atoms with Crippen LogP contribution in [-0.2, 0) is 5.41 Å². The van der Waals surface area contributed by atoms with Gasteiger partial charge in [-0.2, -0.15) is 0 Å². The smallest absolute Gasteiger partial charge is 0.0270 e. The third-order valence-electron chi connectivity index (χ3n) is 3.49. The van der Waals surface area contributed by atoms with Gasteiger partial charge in [0, 0.05) is 24.4 Å². The summed E-state index contributed by atoms with van der Waals surface area (Å²) in [4.78, 5) is 4.12. The Balaban J connectivity index is 2.06. The van der Waals surface area contributed by atoms with E-state index in [2.05, 4.69) is 48.4 Å². The summed E-state index contributed by atoms with van der Waals surface area (Å²) < 4.78 is 0. The Morgan fingerprint density at radius 3 is 2.47 bits per heavy atom. The van der Waals surface area contributed by atoms with Crippen LogP contribution in [0.25, 0.3) is 0 Å². The fraction of sp³-hybridized carbons (Fsp3) is 0.533. The van der Waals surface area contributed by atoms with Gasteiger partial charge in [-0.15, -0.1) is 0 Å². The van der Waals surface area contributed by atoms with E-state index in [4.69, 9.17) is 0 Å². The molecule has 17 heavy (non-hydrogen) atoms. The molecule has 0 fully saturated rings. The first-order chi connectivity index (χ1) is 8.23. The molecule has 2 nitrogen and oxygen atoms in total. The molecule has 0 atom stereocenters. The monoisotopic (exact) mass is 230 g/mol. The first-order valence-corrected chi connectivity index (χ1v) is 6.49. The molecule has 0 radical (unpaired) electrons. The fourth-order valence-electron chi connectivity index (χ4n) is 2.49. The summed E-state index contributed by atoms with van der Waals surface area (Å²) in [5.74, 6) is 0.707. The predicted molar refractivity (Wildman–Crippen MR) is 72.0 cm³/mol. The summed E-state index contributed by atoms with van der Waals surface area (Å²) in [6.45, 7) is 6.65. The Kier molecular flexibility index (Phi) is 3.95. The predicted octanol–water partition coefficient (Wildman–Crippen LogP) is 2.92. The SMILES string of the molecule is CC(C)CNCC1(c2ccncc2)CC=CC1. The summed E-state index contributed by atoms with van der Waals surface area (Å²) in [6.07, 6.45) is 10.7. The van der Waals surface area contributed by atoms with Crippen molar-refractivity contribution in [3.8, 4) is 0 Å². The van der Waals surface area contributed by atoms with E-state index < -0.39 is 0 Å². The largest absolute Gasteiger partial charge is 0.316 e. The average molecular weight is 230 g/mol. The highest BCUT2D eigenvalue weighted by Crippen LogP contribution is 2.36. The molecule has 2 rings (SSSR count). The molecule has 0 amide bonds. The summed E-state index contributed by atoms with van der Waals surface area (Å²) in [7, 11) is 0. The van der Waals surface area contributed by atoms with Crippen LogP contribution in [0.1, 0.15) is 32.3 Å². The van der Waals surface area contributed by atoms with Crippen molar-refractivity contribution >= 4 is 0 Å². The summed E-state index contributed by atoms with van der Waals surface area (Å²) in [5, 5.41) is 3.61. The Labute approximate surface area is 104 Å². The van der Waals surface area contributed by atoms with E-state index >= 15 is 0 Å². The number of allylic oxidation sites excluding steroid dienone is 2. The molecule has 1 N–H and O–H groups in total. The zero-order valence-corrected chi connectivity index (χ0v) is 10.8. The maximum Gasteiger partial charge on any atom is 0.0270 e. The lowest BCUT2D eigenvalue weighted by Gasteiger charge is -2.30. The molecule has 0 saturated carbocycles. The molecule has 0 saturated heterocycles. The molecule has 92 valence electrons. The Bertz CT molecular complexity index is 360. The van der Waals surface area contributed by atoms with Gasteiger partial charge in [0.1, 0.15) is 0 Å². The molecule has 1 aliphatic carbocycles. The molecular formula is C15H22N2. The van der Waals surface area contributed by atoms with Crippen LogP contribution in [0.5, 0.6) is 0 Å². The lowest BCUT2D eigenvalue weighted by atomic mass is 9.78. The van der Waals surface area contributed by atoms with Gasteiger partial charge in [-0.1, -0.05) is 26.0 Å². The molecule has 1 heterocycles. The van der Waals surface area contributed by atoms with Crippen LogP contribution in [-0.4, -0.2) is 18.1 Å². The van der Waals surface area contributed by atoms with Gasteiger partial charge in [0.25, 0.3) is 0 Å². The highest BCUT2D eigenvalue weighted by molar-refractivity contribution is 5.29. The van der Waals surface area contributed by atoms with Gasteiger partial charge < -0.3 is 5.32 Å². The van der Waals surface area contributed by atoms with Crippen LogP contribution in [0, 0.1) is 5.92 Å². The molecule has 2 heteroatoms. The second kappa shape index (κ2) is 5.46. The Hall–Kier alpha value is -1.15. The molecule has 0 aromatic carbocycles. The van der Waals surface area contributed by atoms with Crippen LogP contribution in [0.15, 0.2) is 36.7 Å². The second-order valence-electron chi connectivity index (χ2n) is 5.42. The zero-order chi connectivity index (χ0) is 12.1. The molecule has 0 spiro atoms. The topological polar surface area (TPSA) is 24.9 Å². The lowest BCUT2D eigenvalue weighted by Crippen LogP contribution is -2.37. The first-order valence-electron chi connectivity index (χ1n) is 6.49. The summed E-state index contributed by atoms with van der Waals surface area (Å²) >= 11 is 0. The lowest BCUT2D eigenvalue weighted by molar-refractivity contribution is 0.402. The number of aromatic nitrogens is 1. The van der Waals surface area contributed by atoms with Crippen LogP contribution in [0.2, 0.25) is 0 Å². The van der Waals surface area contributed by atoms with E-state index in [1.54, 1.807) is 0 Å². The van der Waals surface area contributed by atoms with Crippen molar-refractivity contribution in [1.82, 2.24) is 10.3 Å². The standard InChI is InChI=1S/C15H22N2/c1-13(2)11-17-12-15(7-3-4-8-15)14-5-9-16-10-6-14/h3-6,9-10,13,17H,7-8,11-12H2,1-2H3. The van der Waals surface area contributed by atoms with Crippen LogP contribution >= 0.6 is 0 Å². The molecule has 0 bridgehead atoms. The van der Waals surface area contributed by atoms with Gasteiger partial charge >= 0.3 is 0 Å². The van der Waals surface area contributed by atoms with Crippen molar-refractivity contribution in [3.63, 3.8) is 0 Å². The van der Waals surface area contributed by atoms with Gasteiger partial charge in [-0.3, -0.25) is 4.98 Å². The summed E-state index contributed by atoms with van der Waals surface area (Å²) in [5.41, 5.74) is 1.67. The van der Waals surface area contributed by atoms with Crippen molar-refractivity contribution in [1.29, 1.82) is 0 Å². The van der Waals surface area contributed by atoms with Crippen molar-refractivity contribution in [3.05, 3.63) is 42.2 Å². The number of hydrogen-bond acceptors (Lipinski definition) is 2. The van der Waals surface area contributed by atoms with Crippen LogP contribution in [0.3, 0.4) is 0 Å². The van der Waals surface area contributed by atoms with Crippen molar-refractivity contribution < 1.29 is 0 Å². The number of rotatable bonds is 5. The number of nitrogens with zero attached hydrogens (tertiary/aromatic N) is 1. The molecule has 1 aromatic heterocycles. The number of nitrogens with one attached hydrogen (secondary N) is 1. The van der Waals surface area contributed by atoms with Crippen molar-refractivity contribution in [2.75, 3.05) is 13.1 Å². The highest BCUT2D eigenvalue weighted by atomic mass is 14.9. The first kappa shape index (κ1) is 12.3. The third-order valence-corrected chi connectivity index (χ3v) is 3.49. The van der Waals surface area contributed by atoms with Gasteiger partial charge in [-0.05, 0) is 43.0 Å². The van der Waals surface area contributed by atoms with Gasteiger partial charge in [0.2, 0.25) is 0 Å². The number of pyridine rings is 1. The molecule has 0 aliphatic heterocycles. The number of hydrogen-bond donors (Lipinski definition) is 1. The van der Waals surface area contributed by atoms with Gasteiger partial charge in [0.15, 0.2) is 0 Å². The third kappa shape index (κ3) is 2.95. The van der Waals surface area contributed by atoms with Crippen LogP contribution in [0.4, 0.5) is 0 Å². The minimum Gasteiger partial charge on any atom is -0.316 e. The molecule has 0 unspecified atom stereocenters. The molecular weight excluding hydrogens is 208 g/mol. The van der Waals surface area contributed by atoms with Crippen molar-refractivity contribution in [2.45, 2.75) is 32.1 Å². The minimum absolute atomic E-state index is 0.262. The molecule has 1 aliphatic rings. The minimum atomic E-state index is 0.262. The highest BCUT2D eigenvalue weighted by Gasteiger charge is 2.32. The average Bonchev–Trinajstić information content (AvgIpc) is 2.80. The van der Waals surface area contributed by atoms with E-state index in [-0.39, 0.29) is 5.41 Å². The Morgan fingerprint density at radius 1 is 1.24 bits per heavy atom. The normalized spacial score (nSPS) is 17.8. The van der Waals surface area contributed by atoms with E-state index in [9.17, 15) is 0 Å². The van der Waals surface area contributed by atoms with E-state index in [0.717, 1.165) is 25.9 Å². The van der Waals surface area contributed by atoms with E-state index in [1.165, 1.54) is 5.56 Å². The Morgan fingerprint density at radius 2 is 1.88 bits per heavy atom. The summed E-state index contributed by atoms with van der Waals surface area (Å²) in [6, 6.07) is 4.31. The van der Waals surface area contributed by atoms with Gasteiger partial charge in [-0.25, -0.2) is 0 Å². The van der Waals surface area contributed by atoms with E-state index in [1.807, 2.05) is 12.4 Å².